The van der Waals surface area contributed by atoms with Crippen LogP contribution in [-0.4, -0.2) is 65.6 Å². The fourth-order valence-electron chi connectivity index (χ4n) is 5.12. The third-order valence-corrected chi connectivity index (χ3v) is 7.44. The van der Waals surface area contributed by atoms with Crippen LogP contribution in [0, 0.1) is 12.8 Å². The molecule has 2 aromatic carbocycles. The third-order valence-electron chi connectivity index (χ3n) is 7.15. The molecule has 0 radical (unpaired) electrons. The minimum absolute atomic E-state index is 0.0101. The molecular formula is C27H32ClN3O5. The molecule has 1 fully saturated rings. The van der Waals surface area contributed by atoms with Crippen molar-refractivity contribution in [3.8, 4) is 5.75 Å². The van der Waals surface area contributed by atoms with Gasteiger partial charge in [0.1, 0.15) is 5.75 Å². The Hall–Kier alpha value is -3.26. The molecule has 36 heavy (non-hydrogen) atoms. The second-order valence-corrected chi connectivity index (χ2v) is 9.92. The van der Waals surface area contributed by atoms with E-state index in [0.29, 0.717) is 38.0 Å². The summed E-state index contributed by atoms with van der Waals surface area (Å²) in [6, 6.07) is 11.2. The Bertz CT molecular complexity index is 1120. The van der Waals surface area contributed by atoms with E-state index in [2.05, 4.69) is 5.32 Å². The third kappa shape index (κ3) is 5.75. The van der Waals surface area contributed by atoms with Gasteiger partial charge in [-0.1, -0.05) is 35.9 Å². The molecule has 192 valence electrons. The summed E-state index contributed by atoms with van der Waals surface area (Å²) in [5, 5.41) is 13.1. The number of phenolic OH excluding ortho intramolecular Hbond substituents is 1. The number of anilines is 1. The Morgan fingerprint density at radius 3 is 2.61 bits per heavy atom. The largest absolute Gasteiger partial charge is 0.506 e. The molecule has 2 aromatic rings. The van der Waals surface area contributed by atoms with Gasteiger partial charge in [-0.05, 0) is 61.4 Å². The number of aryl methyl sites for hydroxylation is 1. The first kappa shape index (κ1) is 25.8. The normalized spacial score (nSPS) is 17.1. The minimum atomic E-state index is -0.657. The fraction of sp³-hybridized carbons (Fsp3) is 0.444. The summed E-state index contributed by atoms with van der Waals surface area (Å²) in [6.07, 6.45) is 2.46. The number of fused-ring (bicyclic) bond motifs is 1. The number of para-hydroxylation sites is 1. The van der Waals surface area contributed by atoms with Crippen molar-refractivity contribution in [3.63, 3.8) is 0 Å². The van der Waals surface area contributed by atoms with Crippen molar-refractivity contribution in [3.05, 3.63) is 58.1 Å². The molecule has 1 atom stereocenters. The molecule has 0 spiro atoms. The number of benzene rings is 2. The number of carbonyl (C=O) groups excluding carboxylic acids is 3. The van der Waals surface area contributed by atoms with Crippen molar-refractivity contribution in [2.24, 2.45) is 5.92 Å². The summed E-state index contributed by atoms with van der Waals surface area (Å²) >= 11 is 6.09. The van der Waals surface area contributed by atoms with Crippen LogP contribution < -0.4 is 5.32 Å². The van der Waals surface area contributed by atoms with Crippen molar-refractivity contribution < 1.29 is 24.2 Å². The highest BCUT2D eigenvalue weighted by atomic mass is 35.5. The average Bonchev–Trinajstić information content (AvgIpc) is 3.04. The number of halogens is 1. The molecule has 1 saturated heterocycles. The number of piperidine rings is 1. The van der Waals surface area contributed by atoms with Gasteiger partial charge in [0.05, 0.1) is 18.1 Å². The smallest absolute Gasteiger partial charge is 0.322 e. The Morgan fingerprint density at radius 2 is 1.92 bits per heavy atom. The summed E-state index contributed by atoms with van der Waals surface area (Å²) in [7, 11) is 1.31. The minimum Gasteiger partial charge on any atom is -0.506 e. The van der Waals surface area contributed by atoms with Gasteiger partial charge >= 0.3 is 12.0 Å². The lowest BCUT2D eigenvalue weighted by Crippen LogP contribution is -2.50. The van der Waals surface area contributed by atoms with Crippen molar-refractivity contribution in [1.29, 1.82) is 0 Å². The van der Waals surface area contributed by atoms with E-state index in [1.54, 1.807) is 24.0 Å². The standard InChI is InChI=1S/C27H32ClN3O5/c1-17-13-18(15-22(28)25(17)33)14-20(26(34)36-2)16-24(32)30-10-8-21(9-11-30)31-12-7-19-5-3-4-6-23(19)29-27(31)35/h3-6,13,15,20-21,33H,7-12,14,16H2,1-2H3,(H,29,35). The summed E-state index contributed by atoms with van der Waals surface area (Å²) in [5.74, 6) is -1.22. The van der Waals surface area contributed by atoms with Gasteiger partial charge in [-0.3, -0.25) is 9.59 Å². The van der Waals surface area contributed by atoms with Crippen LogP contribution >= 0.6 is 11.6 Å². The van der Waals surface area contributed by atoms with Crippen molar-refractivity contribution in [2.75, 3.05) is 32.1 Å². The zero-order chi connectivity index (χ0) is 25.8. The van der Waals surface area contributed by atoms with Crippen LogP contribution in [0.1, 0.15) is 36.0 Å². The molecule has 3 amide bonds. The first-order chi connectivity index (χ1) is 17.3. The maximum absolute atomic E-state index is 13.1. The Kier molecular flexibility index (Phi) is 8.04. The highest BCUT2D eigenvalue weighted by Crippen LogP contribution is 2.30. The molecule has 8 nitrogen and oxygen atoms in total. The maximum Gasteiger partial charge on any atom is 0.322 e. The van der Waals surface area contributed by atoms with Gasteiger partial charge in [0.25, 0.3) is 0 Å². The molecule has 9 heteroatoms. The number of hydrogen-bond acceptors (Lipinski definition) is 5. The predicted molar refractivity (Wildman–Crippen MR) is 137 cm³/mol. The number of esters is 1. The first-order valence-corrected chi connectivity index (χ1v) is 12.6. The highest BCUT2D eigenvalue weighted by Gasteiger charge is 2.33. The van der Waals surface area contributed by atoms with Crippen LogP contribution in [0.2, 0.25) is 5.02 Å². The van der Waals surface area contributed by atoms with Crippen molar-refractivity contribution in [1.82, 2.24) is 9.80 Å². The van der Waals surface area contributed by atoms with Crippen LogP contribution in [0.5, 0.6) is 5.75 Å². The van der Waals surface area contributed by atoms with Gasteiger partial charge in [0.15, 0.2) is 0 Å². The lowest BCUT2D eigenvalue weighted by molar-refractivity contribution is -0.149. The van der Waals surface area contributed by atoms with E-state index in [0.717, 1.165) is 23.2 Å². The van der Waals surface area contributed by atoms with Crippen molar-refractivity contribution >= 4 is 35.2 Å². The molecule has 2 heterocycles. The highest BCUT2D eigenvalue weighted by molar-refractivity contribution is 6.32. The number of methoxy groups -OCH3 is 1. The zero-order valence-electron chi connectivity index (χ0n) is 20.6. The number of hydrogen-bond donors (Lipinski definition) is 2. The molecule has 0 bridgehead atoms. The van der Waals surface area contributed by atoms with Gasteiger partial charge in [0, 0.05) is 37.8 Å². The van der Waals surface area contributed by atoms with E-state index in [-0.39, 0.29) is 41.6 Å². The predicted octanol–water partition coefficient (Wildman–Crippen LogP) is 4.16. The van der Waals surface area contributed by atoms with Crippen LogP contribution in [-0.2, 0) is 27.2 Å². The summed E-state index contributed by atoms with van der Waals surface area (Å²) < 4.78 is 4.96. The quantitative estimate of drug-likeness (QED) is 0.565. The number of rotatable bonds is 6. The summed E-state index contributed by atoms with van der Waals surface area (Å²) in [6.45, 7) is 3.42. The first-order valence-electron chi connectivity index (χ1n) is 12.3. The molecule has 0 saturated carbocycles. The second-order valence-electron chi connectivity index (χ2n) is 9.51. The molecule has 2 aliphatic heterocycles. The second kappa shape index (κ2) is 11.2. The van der Waals surface area contributed by atoms with Gasteiger partial charge < -0.3 is 25.0 Å². The molecule has 0 aliphatic carbocycles. The number of nitrogens with zero attached hydrogens (tertiary/aromatic N) is 2. The Morgan fingerprint density at radius 1 is 1.19 bits per heavy atom. The molecule has 2 aliphatic rings. The summed E-state index contributed by atoms with van der Waals surface area (Å²) in [5.41, 5.74) is 3.34. The molecular weight excluding hydrogens is 482 g/mol. The molecule has 1 unspecified atom stereocenters. The Balaban J connectivity index is 1.35. The number of likely N-dealkylation sites (tertiary alicyclic amines) is 1. The van der Waals surface area contributed by atoms with Crippen LogP contribution in [0.3, 0.4) is 0 Å². The number of urea groups is 1. The van der Waals surface area contributed by atoms with E-state index in [1.807, 2.05) is 29.2 Å². The maximum atomic E-state index is 13.1. The van der Waals surface area contributed by atoms with Crippen LogP contribution in [0.4, 0.5) is 10.5 Å². The average molecular weight is 514 g/mol. The number of carbonyl (C=O) groups is 3. The number of phenols is 1. The monoisotopic (exact) mass is 513 g/mol. The number of amides is 3. The van der Waals surface area contributed by atoms with Gasteiger partial charge in [-0.2, -0.15) is 0 Å². The van der Waals surface area contributed by atoms with E-state index < -0.39 is 11.9 Å². The van der Waals surface area contributed by atoms with E-state index in [4.69, 9.17) is 16.3 Å². The lowest BCUT2D eigenvalue weighted by Gasteiger charge is -2.38. The summed E-state index contributed by atoms with van der Waals surface area (Å²) in [4.78, 5) is 42.1. The van der Waals surface area contributed by atoms with Crippen LogP contribution in [0.15, 0.2) is 36.4 Å². The van der Waals surface area contributed by atoms with E-state index >= 15 is 0 Å². The van der Waals surface area contributed by atoms with Crippen LogP contribution in [0.25, 0.3) is 0 Å². The van der Waals surface area contributed by atoms with E-state index in [1.165, 1.54) is 7.11 Å². The Labute approximate surface area is 216 Å². The fourth-order valence-corrected chi connectivity index (χ4v) is 5.41. The van der Waals surface area contributed by atoms with Crippen molar-refractivity contribution in [2.45, 2.75) is 45.1 Å². The molecule has 2 N–H and O–H groups in total. The SMILES string of the molecule is COC(=O)C(CC(=O)N1CCC(N2CCc3ccccc3NC2=O)CC1)Cc1cc(C)c(O)c(Cl)c1. The zero-order valence-corrected chi connectivity index (χ0v) is 21.4. The van der Waals surface area contributed by atoms with Gasteiger partial charge in [-0.15, -0.1) is 0 Å². The topological polar surface area (TPSA) is 99.2 Å². The van der Waals surface area contributed by atoms with E-state index in [9.17, 15) is 19.5 Å². The van der Waals surface area contributed by atoms with Gasteiger partial charge in [0.2, 0.25) is 5.91 Å². The molecule has 0 aromatic heterocycles. The number of nitrogens with one attached hydrogen (secondary N) is 1. The lowest BCUT2D eigenvalue weighted by atomic mass is 9.93. The van der Waals surface area contributed by atoms with Gasteiger partial charge in [-0.25, -0.2) is 4.79 Å². The molecule has 4 rings (SSSR count). The number of aromatic hydroxyl groups is 1. The number of ether oxygens (including phenoxy) is 1.